The number of rotatable bonds is 1. The zero-order valence-corrected chi connectivity index (χ0v) is 10.1. The SMILES string of the molecule is CC1CC=C(c2cc(C(F)(F)F)cc(N)n2)CC1. The summed E-state index contributed by atoms with van der Waals surface area (Å²) >= 11 is 0. The lowest BCUT2D eigenvalue weighted by Gasteiger charge is -2.19. The summed E-state index contributed by atoms with van der Waals surface area (Å²) in [5, 5.41) is 0. The number of hydrogen-bond donors (Lipinski definition) is 1. The van der Waals surface area contributed by atoms with Crippen LogP contribution in [0.3, 0.4) is 0 Å². The van der Waals surface area contributed by atoms with E-state index < -0.39 is 11.7 Å². The summed E-state index contributed by atoms with van der Waals surface area (Å²) in [5.74, 6) is 0.497. The third-order valence-corrected chi connectivity index (χ3v) is 3.17. The molecule has 98 valence electrons. The molecule has 0 bridgehead atoms. The fourth-order valence-corrected chi connectivity index (χ4v) is 2.08. The zero-order valence-electron chi connectivity index (χ0n) is 10.1. The highest BCUT2D eigenvalue weighted by Gasteiger charge is 2.31. The topological polar surface area (TPSA) is 38.9 Å². The van der Waals surface area contributed by atoms with Gasteiger partial charge in [-0.15, -0.1) is 0 Å². The Morgan fingerprint density at radius 1 is 1.33 bits per heavy atom. The molecule has 0 aromatic carbocycles. The molecule has 1 aromatic heterocycles. The molecule has 1 heterocycles. The molecule has 1 unspecified atom stereocenters. The molecule has 1 aliphatic rings. The average Bonchev–Trinajstić information content (AvgIpc) is 2.28. The Hall–Kier alpha value is -1.52. The summed E-state index contributed by atoms with van der Waals surface area (Å²) in [6, 6.07) is 1.95. The lowest BCUT2D eigenvalue weighted by molar-refractivity contribution is -0.137. The Balaban J connectivity index is 2.37. The third-order valence-electron chi connectivity index (χ3n) is 3.17. The van der Waals surface area contributed by atoms with Crippen LogP contribution in [0.15, 0.2) is 18.2 Å². The maximum Gasteiger partial charge on any atom is 0.416 e. The van der Waals surface area contributed by atoms with E-state index in [9.17, 15) is 13.2 Å². The van der Waals surface area contributed by atoms with Gasteiger partial charge in [-0.2, -0.15) is 13.2 Å². The first kappa shape index (κ1) is 12.9. The van der Waals surface area contributed by atoms with E-state index in [1.807, 2.05) is 6.08 Å². The minimum atomic E-state index is -4.38. The number of anilines is 1. The number of aromatic nitrogens is 1. The van der Waals surface area contributed by atoms with Gasteiger partial charge in [0, 0.05) is 0 Å². The first-order valence-electron chi connectivity index (χ1n) is 5.90. The van der Waals surface area contributed by atoms with Crippen LogP contribution in [0.2, 0.25) is 0 Å². The van der Waals surface area contributed by atoms with Gasteiger partial charge < -0.3 is 5.73 Å². The smallest absolute Gasteiger partial charge is 0.384 e. The summed E-state index contributed by atoms with van der Waals surface area (Å²) in [4.78, 5) is 4.01. The lowest BCUT2D eigenvalue weighted by Crippen LogP contribution is -2.09. The minimum Gasteiger partial charge on any atom is -0.384 e. The molecule has 1 aliphatic carbocycles. The van der Waals surface area contributed by atoms with Crippen LogP contribution in [0.1, 0.15) is 37.4 Å². The Kier molecular flexibility index (Phi) is 3.32. The van der Waals surface area contributed by atoms with Crippen molar-refractivity contribution >= 4 is 11.4 Å². The van der Waals surface area contributed by atoms with Crippen LogP contribution < -0.4 is 5.73 Å². The monoisotopic (exact) mass is 256 g/mol. The maximum absolute atomic E-state index is 12.7. The van der Waals surface area contributed by atoms with E-state index in [2.05, 4.69) is 11.9 Å². The highest BCUT2D eigenvalue weighted by atomic mass is 19.4. The van der Waals surface area contributed by atoms with Crippen LogP contribution in [-0.2, 0) is 6.18 Å². The Morgan fingerprint density at radius 3 is 2.61 bits per heavy atom. The van der Waals surface area contributed by atoms with Gasteiger partial charge >= 0.3 is 6.18 Å². The molecule has 2 nitrogen and oxygen atoms in total. The number of allylic oxidation sites excluding steroid dienone is 2. The van der Waals surface area contributed by atoms with Crippen molar-refractivity contribution in [1.82, 2.24) is 4.98 Å². The van der Waals surface area contributed by atoms with Gasteiger partial charge in [0.25, 0.3) is 0 Å². The number of nitrogens with zero attached hydrogens (tertiary/aromatic N) is 1. The van der Waals surface area contributed by atoms with Gasteiger partial charge in [-0.3, -0.25) is 0 Å². The average molecular weight is 256 g/mol. The molecule has 1 atom stereocenters. The number of nitrogen functional groups attached to an aromatic ring is 1. The maximum atomic E-state index is 12.7. The highest BCUT2D eigenvalue weighted by molar-refractivity contribution is 5.65. The number of hydrogen-bond acceptors (Lipinski definition) is 2. The van der Waals surface area contributed by atoms with Crippen molar-refractivity contribution in [2.75, 3.05) is 5.73 Å². The second-order valence-electron chi connectivity index (χ2n) is 4.77. The van der Waals surface area contributed by atoms with Gasteiger partial charge in [0.2, 0.25) is 0 Å². The van der Waals surface area contributed by atoms with Gasteiger partial charge in [0.05, 0.1) is 11.3 Å². The molecule has 0 saturated carbocycles. The molecule has 0 aliphatic heterocycles. The van der Waals surface area contributed by atoms with Gasteiger partial charge in [0.1, 0.15) is 5.82 Å². The van der Waals surface area contributed by atoms with E-state index in [-0.39, 0.29) is 5.82 Å². The van der Waals surface area contributed by atoms with E-state index >= 15 is 0 Å². The molecule has 0 spiro atoms. The van der Waals surface area contributed by atoms with Crippen LogP contribution >= 0.6 is 0 Å². The van der Waals surface area contributed by atoms with E-state index in [1.165, 1.54) is 0 Å². The van der Waals surface area contributed by atoms with Crippen LogP contribution in [0, 0.1) is 5.92 Å². The highest BCUT2D eigenvalue weighted by Crippen LogP contribution is 2.34. The molecular formula is C13H15F3N2. The van der Waals surface area contributed by atoms with Crippen molar-refractivity contribution in [3.63, 3.8) is 0 Å². The molecule has 18 heavy (non-hydrogen) atoms. The van der Waals surface area contributed by atoms with Crippen molar-refractivity contribution in [1.29, 1.82) is 0 Å². The second kappa shape index (κ2) is 4.63. The fourth-order valence-electron chi connectivity index (χ4n) is 2.08. The largest absolute Gasteiger partial charge is 0.416 e. The fraction of sp³-hybridized carbons (Fsp3) is 0.462. The summed E-state index contributed by atoms with van der Waals surface area (Å²) in [6.45, 7) is 2.13. The number of alkyl halides is 3. The van der Waals surface area contributed by atoms with Gasteiger partial charge in [-0.05, 0) is 42.9 Å². The van der Waals surface area contributed by atoms with Crippen LogP contribution in [0.4, 0.5) is 19.0 Å². The molecule has 2 rings (SSSR count). The van der Waals surface area contributed by atoms with Crippen LogP contribution in [0.25, 0.3) is 5.57 Å². The van der Waals surface area contributed by atoms with Crippen molar-refractivity contribution in [2.24, 2.45) is 5.92 Å². The third kappa shape index (κ3) is 2.83. The van der Waals surface area contributed by atoms with E-state index in [1.54, 1.807) is 0 Å². The summed E-state index contributed by atoms with van der Waals surface area (Å²) in [7, 11) is 0. The van der Waals surface area contributed by atoms with Crippen LogP contribution in [-0.4, -0.2) is 4.98 Å². The van der Waals surface area contributed by atoms with Crippen molar-refractivity contribution < 1.29 is 13.2 Å². The standard InChI is InChI=1S/C13H15F3N2/c1-8-2-4-9(5-3-8)11-6-10(13(14,15)16)7-12(17)18-11/h4,6-8H,2-3,5H2,1H3,(H2,17,18). The predicted octanol–water partition coefficient (Wildman–Crippen LogP) is 3.89. The van der Waals surface area contributed by atoms with Crippen molar-refractivity contribution in [2.45, 2.75) is 32.4 Å². The summed E-state index contributed by atoms with van der Waals surface area (Å²) < 4.78 is 38.0. The molecule has 0 radical (unpaired) electrons. The first-order valence-corrected chi connectivity index (χ1v) is 5.90. The number of halogens is 3. The normalized spacial score (nSPS) is 20.7. The molecular weight excluding hydrogens is 241 g/mol. The minimum absolute atomic E-state index is 0.0839. The number of nitrogens with two attached hydrogens (primary N) is 1. The Bertz CT molecular complexity index is 478. The Morgan fingerprint density at radius 2 is 2.06 bits per heavy atom. The van der Waals surface area contributed by atoms with E-state index in [0.717, 1.165) is 37.0 Å². The second-order valence-corrected chi connectivity index (χ2v) is 4.77. The molecule has 2 N–H and O–H groups in total. The molecule has 0 amide bonds. The van der Waals surface area contributed by atoms with Crippen molar-refractivity contribution in [3.05, 3.63) is 29.5 Å². The summed E-state index contributed by atoms with van der Waals surface area (Å²) in [5.41, 5.74) is 5.94. The van der Waals surface area contributed by atoms with Gasteiger partial charge in [-0.1, -0.05) is 13.0 Å². The Labute approximate surface area is 104 Å². The van der Waals surface area contributed by atoms with Gasteiger partial charge in [-0.25, -0.2) is 4.98 Å². The first-order chi connectivity index (χ1) is 8.36. The summed E-state index contributed by atoms with van der Waals surface area (Å²) in [6.07, 6.45) is 0.205. The van der Waals surface area contributed by atoms with Crippen molar-refractivity contribution in [3.8, 4) is 0 Å². The lowest BCUT2D eigenvalue weighted by atomic mass is 9.89. The van der Waals surface area contributed by atoms with E-state index in [4.69, 9.17) is 5.73 Å². The number of pyridine rings is 1. The molecule has 0 saturated heterocycles. The molecule has 5 heteroatoms. The van der Waals surface area contributed by atoms with Gasteiger partial charge in [0.15, 0.2) is 0 Å². The molecule has 1 aromatic rings. The molecule has 0 fully saturated rings. The van der Waals surface area contributed by atoms with Crippen LogP contribution in [0.5, 0.6) is 0 Å². The quantitative estimate of drug-likeness (QED) is 0.828. The zero-order chi connectivity index (χ0) is 13.3. The van der Waals surface area contributed by atoms with E-state index in [0.29, 0.717) is 11.6 Å². The predicted molar refractivity (Wildman–Crippen MR) is 64.6 cm³/mol.